The van der Waals surface area contributed by atoms with Crippen LogP contribution in [-0.2, 0) is 14.4 Å². The minimum absolute atomic E-state index is 0.187. The Morgan fingerprint density at radius 3 is 2.41 bits per heavy atom. The van der Waals surface area contributed by atoms with Crippen molar-refractivity contribution in [1.82, 2.24) is 9.88 Å². The molecule has 2 fully saturated rings. The molecule has 0 unspecified atom stereocenters. The Hall–Kier alpha value is -1.76. The highest BCUT2D eigenvalue weighted by Crippen LogP contribution is 2.38. The Kier molecular flexibility index (Phi) is 3.99. The highest BCUT2D eigenvalue weighted by molar-refractivity contribution is 7.15. The van der Waals surface area contributed by atoms with E-state index in [0.717, 1.165) is 35.5 Å². The number of hydrogen-bond acceptors (Lipinski definition) is 5. The summed E-state index contributed by atoms with van der Waals surface area (Å²) in [5.41, 5.74) is 0. The number of imide groups is 1. The first kappa shape index (κ1) is 15.1. The second-order valence-electron chi connectivity index (χ2n) is 5.99. The number of carbonyl (C=O) groups is 3. The molecular weight excluding hydrogens is 302 g/mol. The van der Waals surface area contributed by atoms with Crippen LogP contribution in [0.2, 0.25) is 0 Å². The molecule has 1 aliphatic carbocycles. The van der Waals surface area contributed by atoms with Gasteiger partial charge in [-0.15, -0.1) is 11.3 Å². The first-order valence-electron chi connectivity index (χ1n) is 7.59. The smallest absolute Gasteiger partial charge is 0.249 e. The molecular formula is C15H19N3O3S. The molecule has 118 valence electrons. The molecule has 6 nitrogen and oxygen atoms in total. The third kappa shape index (κ3) is 2.54. The molecule has 1 saturated carbocycles. The fraction of sp³-hybridized carbons (Fsp3) is 0.600. The van der Waals surface area contributed by atoms with Crippen molar-refractivity contribution < 1.29 is 14.4 Å². The standard InChI is InChI=1S/C15H19N3O3S/c1-8-7-16-15(22-8)17-12(19)9(2)18-13(20)10-5-3-4-6-11(10)14(18)21/h7,9-11H,3-6H2,1-2H3,(H,16,17,19)/t9-,10+,11+/m0/s1. The highest BCUT2D eigenvalue weighted by Gasteiger charge is 2.50. The van der Waals surface area contributed by atoms with Crippen molar-refractivity contribution in [1.29, 1.82) is 0 Å². The lowest BCUT2D eigenvalue weighted by Crippen LogP contribution is -2.46. The number of aromatic nitrogens is 1. The number of rotatable bonds is 3. The normalized spacial score (nSPS) is 26.0. The van der Waals surface area contributed by atoms with Crippen molar-refractivity contribution in [2.24, 2.45) is 11.8 Å². The number of nitrogens with one attached hydrogen (secondary N) is 1. The molecule has 7 heteroatoms. The molecule has 0 spiro atoms. The van der Waals surface area contributed by atoms with E-state index < -0.39 is 6.04 Å². The number of carbonyl (C=O) groups excluding carboxylic acids is 3. The van der Waals surface area contributed by atoms with Gasteiger partial charge in [0.1, 0.15) is 6.04 Å². The Morgan fingerprint density at radius 1 is 1.32 bits per heavy atom. The SMILES string of the molecule is Cc1cnc(NC(=O)[C@H](C)N2C(=O)[C@@H]3CCCC[C@H]3C2=O)s1. The van der Waals surface area contributed by atoms with E-state index in [1.165, 1.54) is 11.3 Å². The number of hydrogen-bond donors (Lipinski definition) is 1. The van der Waals surface area contributed by atoms with Gasteiger partial charge in [0.15, 0.2) is 5.13 Å². The number of likely N-dealkylation sites (tertiary alicyclic amines) is 1. The zero-order valence-electron chi connectivity index (χ0n) is 12.7. The van der Waals surface area contributed by atoms with Crippen molar-refractivity contribution in [2.75, 3.05) is 5.32 Å². The molecule has 1 aromatic heterocycles. The summed E-state index contributed by atoms with van der Waals surface area (Å²) in [6.07, 6.45) is 5.14. The minimum Gasteiger partial charge on any atom is -0.300 e. The summed E-state index contributed by atoms with van der Waals surface area (Å²) in [4.78, 5) is 43.5. The highest BCUT2D eigenvalue weighted by atomic mass is 32.1. The van der Waals surface area contributed by atoms with Gasteiger partial charge in [-0.25, -0.2) is 4.98 Å². The molecule has 0 radical (unpaired) electrons. The summed E-state index contributed by atoms with van der Waals surface area (Å²) in [6, 6.07) is -0.796. The van der Waals surface area contributed by atoms with Gasteiger partial charge in [0.05, 0.1) is 11.8 Å². The maximum absolute atomic E-state index is 12.5. The number of fused-ring (bicyclic) bond motifs is 1. The van der Waals surface area contributed by atoms with E-state index in [2.05, 4.69) is 10.3 Å². The van der Waals surface area contributed by atoms with Gasteiger partial charge < -0.3 is 5.32 Å². The third-order valence-corrected chi connectivity index (χ3v) is 5.32. The van der Waals surface area contributed by atoms with Gasteiger partial charge in [0.2, 0.25) is 17.7 Å². The molecule has 22 heavy (non-hydrogen) atoms. The van der Waals surface area contributed by atoms with Crippen LogP contribution in [-0.4, -0.2) is 33.6 Å². The summed E-state index contributed by atoms with van der Waals surface area (Å²) in [7, 11) is 0. The molecule has 3 atom stereocenters. The molecule has 3 rings (SSSR count). The van der Waals surface area contributed by atoms with Gasteiger partial charge in [0.25, 0.3) is 0 Å². The van der Waals surface area contributed by atoms with E-state index in [9.17, 15) is 14.4 Å². The van der Waals surface area contributed by atoms with Crippen molar-refractivity contribution >= 4 is 34.2 Å². The Morgan fingerprint density at radius 2 is 1.91 bits per heavy atom. The van der Waals surface area contributed by atoms with Crippen LogP contribution in [0, 0.1) is 18.8 Å². The number of thiazole rings is 1. The average Bonchev–Trinajstić information content (AvgIpc) is 3.01. The largest absolute Gasteiger partial charge is 0.300 e. The van der Waals surface area contributed by atoms with Crippen LogP contribution in [0.1, 0.15) is 37.5 Å². The molecule has 2 aliphatic rings. The lowest BCUT2D eigenvalue weighted by atomic mass is 9.81. The molecule has 1 aliphatic heterocycles. The Bertz CT molecular complexity index is 603. The predicted molar refractivity (Wildman–Crippen MR) is 82.2 cm³/mol. The molecule has 0 aromatic carbocycles. The quantitative estimate of drug-likeness (QED) is 0.863. The van der Waals surface area contributed by atoms with Crippen molar-refractivity contribution in [3.63, 3.8) is 0 Å². The minimum atomic E-state index is -0.796. The molecule has 1 N–H and O–H groups in total. The van der Waals surface area contributed by atoms with E-state index in [-0.39, 0.29) is 29.6 Å². The molecule has 1 saturated heterocycles. The van der Waals surface area contributed by atoms with Gasteiger partial charge >= 0.3 is 0 Å². The summed E-state index contributed by atoms with van der Waals surface area (Å²) >= 11 is 1.37. The second-order valence-corrected chi connectivity index (χ2v) is 7.22. The van der Waals surface area contributed by atoms with Crippen molar-refractivity contribution in [3.05, 3.63) is 11.1 Å². The summed E-state index contributed by atoms with van der Waals surface area (Å²) < 4.78 is 0. The van der Waals surface area contributed by atoms with Crippen LogP contribution in [0.3, 0.4) is 0 Å². The van der Waals surface area contributed by atoms with Gasteiger partial charge in [-0.3, -0.25) is 19.3 Å². The average molecular weight is 321 g/mol. The number of aryl methyl sites for hydroxylation is 1. The first-order valence-corrected chi connectivity index (χ1v) is 8.41. The maximum atomic E-state index is 12.5. The number of nitrogens with zero attached hydrogens (tertiary/aromatic N) is 2. The van der Waals surface area contributed by atoms with Crippen molar-refractivity contribution in [2.45, 2.75) is 45.6 Å². The van der Waals surface area contributed by atoms with Crippen LogP contribution < -0.4 is 5.32 Å². The monoisotopic (exact) mass is 321 g/mol. The zero-order chi connectivity index (χ0) is 15.9. The third-order valence-electron chi connectivity index (χ3n) is 4.49. The molecule has 3 amide bonds. The van der Waals surface area contributed by atoms with Gasteiger partial charge in [0, 0.05) is 11.1 Å². The summed E-state index contributed by atoms with van der Waals surface area (Å²) in [6.45, 7) is 3.50. The van der Waals surface area contributed by atoms with E-state index in [0.29, 0.717) is 5.13 Å². The molecule has 1 aromatic rings. The first-order chi connectivity index (χ1) is 10.5. The van der Waals surface area contributed by atoms with Gasteiger partial charge in [-0.05, 0) is 26.7 Å². The summed E-state index contributed by atoms with van der Waals surface area (Å²) in [5, 5.41) is 3.18. The topological polar surface area (TPSA) is 79.4 Å². The van der Waals surface area contributed by atoms with E-state index >= 15 is 0 Å². The number of anilines is 1. The Labute approximate surface area is 132 Å². The lowest BCUT2D eigenvalue weighted by Gasteiger charge is -2.21. The summed E-state index contributed by atoms with van der Waals surface area (Å²) in [5.74, 6) is -1.19. The predicted octanol–water partition coefficient (Wildman–Crippen LogP) is 1.95. The van der Waals surface area contributed by atoms with Crippen LogP contribution >= 0.6 is 11.3 Å². The van der Waals surface area contributed by atoms with Crippen LogP contribution in [0.5, 0.6) is 0 Å². The van der Waals surface area contributed by atoms with Crippen molar-refractivity contribution in [3.8, 4) is 0 Å². The van der Waals surface area contributed by atoms with E-state index in [1.807, 2.05) is 6.92 Å². The van der Waals surface area contributed by atoms with E-state index in [4.69, 9.17) is 0 Å². The second kappa shape index (κ2) is 5.79. The van der Waals surface area contributed by atoms with Gasteiger partial charge in [-0.1, -0.05) is 12.8 Å². The van der Waals surface area contributed by atoms with Crippen LogP contribution in [0.4, 0.5) is 5.13 Å². The lowest BCUT2D eigenvalue weighted by molar-refractivity contribution is -0.146. The van der Waals surface area contributed by atoms with Crippen LogP contribution in [0.25, 0.3) is 0 Å². The zero-order valence-corrected chi connectivity index (χ0v) is 13.5. The molecule has 0 bridgehead atoms. The molecule has 2 heterocycles. The number of amides is 3. The fourth-order valence-electron chi connectivity index (χ4n) is 3.31. The van der Waals surface area contributed by atoms with E-state index in [1.54, 1.807) is 13.1 Å². The van der Waals surface area contributed by atoms with Crippen LogP contribution in [0.15, 0.2) is 6.20 Å². The fourth-order valence-corrected chi connectivity index (χ4v) is 3.98. The maximum Gasteiger partial charge on any atom is 0.249 e. The Balaban J connectivity index is 1.73. The van der Waals surface area contributed by atoms with Gasteiger partial charge in [-0.2, -0.15) is 0 Å².